The van der Waals surface area contributed by atoms with Crippen LogP contribution in [0.2, 0.25) is 0 Å². The summed E-state index contributed by atoms with van der Waals surface area (Å²) in [6.45, 7) is 11.5. The SMILES string of the molecule is CCOCCOCCOc1ccc(-n2c3ccccc3c3cc(N(c4ccc5c(c4)c4ccccc4n5-c4ccc(OCCOCCOI)cc4)c4ccc5c(c4)c4ccccc4n5-c4ccc(OCCOCCOCC)cc4)ccc32)cc1. The van der Waals surface area contributed by atoms with Gasteiger partial charge in [0.25, 0.3) is 0 Å². The first-order valence-corrected chi connectivity index (χ1v) is 29.7. The lowest BCUT2D eigenvalue weighted by molar-refractivity contribution is 0.0405. The molecule has 0 N–H and O–H groups in total. The quantitative estimate of drug-likeness (QED) is 0.0333. The van der Waals surface area contributed by atoms with Gasteiger partial charge in [-0.15, -0.1) is 0 Å². The van der Waals surface area contributed by atoms with Crippen LogP contribution >= 0.6 is 23.0 Å². The molecule has 0 atom stereocenters. The molecular formula is C70H67IN4O9. The molecule has 13 nitrogen and oxygen atoms in total. The Hall–Kier alpha value is -7.93. The van der Waals surface area contributed by atoms with Gasteiger partial charge in [0, 0.05) is 79.7 Å². The van der Waals surface area contributed by atoms with E-state index in [-0.39, 0.29) is 0 Å². The van der Waals surface area contributed by atoms with Crippen molar-refractivity contribution in [2.45, 2.75) is 13.8 Å². The maximum absolute atomic E-state index is 6.09. The molecule has 3 aromatic heterocycles. The number of hydrogen-bond donors (Lipinski definition) is 0. The van der Waals surface area contributed by atoms with Crippen molar-refractivity contribution in [2.24, 2.45) is 0 Å². The van der Waals surface area contributed by atoms with Gasteiger partial charge in [0.15, 0.2) is 0 Å². The van der Waals surface area contributed by atoms with E-state index in [0.717, 1.165) is 117 Å². The van der Waals surface area contributed by atoms with Crippen LogP contribution < -0.4 is 19.1 Å². The van der Waals surface area contributed by atoms with Crippen molar-refractivity contribution in [3.63, 3.8) is 0 Å². The lowest BCUT2D eigenvalue weighted by Gasteiger charge is -2.26. The van der Waals surface area contributed by atoms with Crippen molar-refractivity contribution in [1.29, 1.82) is 0 Å². The van der Waals surface area contributed by atoms with Gasteiger partial charge in [0.2, 0.25) is 0 Å². The Morgan fingerprint density at radius 2 is 0.583 bits per heavy atom. The van der Waals surface area contributed by atoms with E-state index in [0.29, 0.717) is 92.5 Å². The molecule has 0 unspecified atom stereocenters. The molecule has 0 spiro atoms. The zero-order valence-electron chi connectivity index (χ0n) is 47.3. The molecule has 0 aliphatic carbocycles. The maximum atomic E-state index is 6.09. The van der Waals surface area contributed by atoms with Gasteiger partial charge in [-0.2, -0.15) is 0 Å². The molecule has 0 saturated heterocycles. The van der Waals surface area contributed by atoms with Crippen LogP contribution in [-0.2, 0) is 26.8 Å². The zero-order valence-corrected chi connectivity index (χ0v) is 49.5. The van der Waals surface area contributed by atoms with Crippen LogP contribution in [0.25, 0.3) is 82.5 Å². The second kappa shape index (κ2) is 27.2. The number of para-hydroxylation sites is 3. The smallest absolute Gasteiger partial charge is 0.119 e. The van der Waals surface area contributed by atoms with E-state index < -0.39 is 0 Å². The molecule has 12 aromatic rings. The van der Waals surface area contributed by atoms with Crippen molar-refractivity contribution in [1.82, 2.24) is 13.7 Å². The average molecular weight is 1240 g/mol. The number of anilines is 3. The first-order chi connectivity index (χ1) is 41.6. The third-order valence-electron chi connectivity index (χ3n) is 15.0. The Kier molecular flexibility index (Phi) is 18.3. The van der Waals surface area contributed by atoms with Crippen LogP contribution in [0.1, 0.15) is 13.8 Å². The van der Waals surface area contributed by atoms with Crippen molar-refractivity contribution < 1.29 is 41.0 Å². The topological polar surface area (TPSA) is 101 Å². The maximum Gasteiger partial charge on any atom is 0.119 e. The van der Waals surface area contributed by atoms with E-state index in [1.54, 1.807) is 0 Å². The molecule has 0 radical (unpaired) electrons. The summed E-state index contributed by atoms with van der Waals surface area (Å²) >= 11 is 1.88. The first-order valence-electron chi connectivity index (χ1n) is 28.8. The number of aromatic nitrogens is 3. The summed E-state index contributed by atoms with van der Waals surface area (Å²) < 4.78 is 58.2. The van der Waals surface area contributed by atoms with Gasteiger partial charge in [0.05, 0.1) is 92.6 Å². The summed E-state index contributed by atoms with van der Waals surface area (Å²) in [6.07, 6.45) is 0. The monoisotopic (exact) mass is 1230 g/mol. The molecular weight excluding hydrogens is 1170 g/mol. The minimum Gasteiger partial charge on any atom is -0.491 e. The lowest BCUT2D eigenvalue weighted by atomic mass is 10.1. The van der Waals surface area contributed by atoms with Gasteiger partial charge in [-0.1, -0.05) is 54.6 Å². The van der Waals surface area contributed by atoms with Crippen molar-refractivity contribution in [3.05, 3.63) is 200 Å². The molecule has 0 saturated carbocycles. The Bertz CT molecular complexity index is 3960. The summed E-state index contributed by atoms with van der Waals surface area (Å²) in [4.78, 5) is 2.41. The van der Waals surface area contributed by atoms with E-state index in [9.17, 15) is 0 Å². The van der Waals surface area contributed by atoms with Gasteiger partial charge >= 0.3 is 0 Å². The molecule has 9 aromatic carbocycles. The van der Waals surface area contributed by atoms with E-state index >= 15 is 0 Å². The number of fused-ring (bicyclic) bond motifs is 9. The highest BCUT2D eigenvalue weighted by Gasteiger charge is 2.22. The molecule has 84 heavy (non-hydrogen) atoms. The van der Waals surface area contributed by atoms with Gasteiger partial charge < -0.3 is 59.6 Å². The van der Waals surface area contributed by atoms with Crippen LogP contribution in [0.5, 0.6) is 17.2 Å². The normalized spacial score (nSPS) is 11.8. The Labute approximate surface area is 502 Å². The van der Waals surface area contributed by atoms with Gasteiger partial charge in [-0.25, -0.2) is 0 Å². The minimum atomic E-state index is 0.452. The largest absolute Gasteiger partial charge is 0.491 e. The van der Waals surface area contributed by atoms with E-state index in [1.165, 1.54) is 0 Å². The molecule has 428 valence electrons. The molecule has 12 rings (SSSR count). The predicted octanol–water partition coefficient (Wildman–Crippen LogP) is 16.1. The number of ether oxygens (including phenoxy) is 8. The highest BCUT2D eigenvalue weighted by molar-refractivity contribution is 14.1. The molecule has 14 heteroatoms. The second-order valence-electron chi connectivity index (χ2n) is 20.1. The Morgan fingerprint density at radius 1 is 0.298 bits per heavy atom. The molecule has 0 aliphatic heterocycles. The summed E-state index contributed by atoms with van der Waals surface area (Å²) in [7, 11) is 0. The van der Waals surface area contributed by atoms with Crippen molar-refractivity contribution >= 4 is 105 Å². The van der Waals surface area contributed by atoms with Crippen molar-refractivity contribution in [3.8, 4) is 34.3 Å². The summed E-state index contributed by atoms with van der Waals surface area (Å²) in [5.41, 5.74) is 12.8. The van der Waals surface area contributed by atoms with Crippen LogP contribution in [-0.4, -0.2) is 106 Å². The van der Waals surface area contributed by atoms with E-state index in [2.05, 4.69) is 182 Å². The van der Waals surface area contributed by atoms with Crippen LogP contribution in [0, 0.1) is 0 Å². The van der Waals surface area contributed by atoms with Crippen LogP contribution in [0.3, 0.4) is 0 Å². The fourth-order valence-electron chi connectivity index (χ4n) is 11.2. The van der Waals surface area contributed by atoms with Crippen molar-refractivity contribution in [2.75, 3.05) is 97.4 Å². The Morgan fingerprint density at radius 3 is 0.905 bits per heavy atom. The summed E-state index contributed by atoms with van der Waals surface area (Å²) in [6, 6.07) is 71.6. The van der Waals surface area contributed by atoms with E-state index in [4.69, 9.17) is 41.0 Å². The number of nitrogens with zero attached hydrogens (tertiary/aromatic N) is 4. The second-order valence-corrected chi connectivity index (χ2v) is 20.7. The molecule has 0 aliphatic rings. The third-order valence-corrected chi connectivity index (χ3v) is 15.4. The highest BCUT2D eigenvalue weighted by atomic mass is 127. The summed E-state index contributed by atoms with van der Waals surface area (Å²) in [5, 5.41) is 6.89. The fourth-order valence-corrected chi connectivity index (χ4v) is 11.4. The van der Waals surface area contributed by atoms with Crippen LogP contribution in [0.4, 0.5) is 17.1 Å². The number of halogens is 1. The number of rotatable bonds is 29. The number of hydrogen-bond acceptors (Lipinski definition) is 10. The lowest BCUT2D eigenvalue weighted by Crippen LogP contribution is -2.10. The zero-order chi connectivity index (χ0) is 57.0. The molecule has 0 bridgehead atoms. The molecule has 0 amide bonds. The molecule has 3 heterocycles. The molecule has 0 fully saturated rings. The average Bonchev–Trinajstić information content (AvgIpc) is 2.15. The van der Waals surface area contributed by atoms with Gasteiger partial charge in [-0.3, -0.25) is 0 Å². The van der Waals surface area contributed by atoms with E-state index in [1.807, 2.05) is 73.3 Å². The van der Waals surface area contributed by atoms with Gasteiger partial charge in [0.1, 0.15) is 60.1 Å². The first kappa shape index (κ1) is 56.5. The number of benzene rings is 9. The predicted molar refractivity (Wildman–Crippen MR) is 346 cm³/mol. The Balaban J connectivity index is 0.933. The third kappa shape index (κ3) is 12.2. The highest BCUT2D eigenvalue weighted by Crippen LogP contribution is 2.44. The summed E-state index contributed by atoms with van der Waals surface area (Å²) in [5.74, 6) is 2.37. The van der Waals surface area contributed by atoms with Gasteiger partial charge in [-0.05, 0) is 159 Å². The minimum absolute atomic E-state index is 0.452. The fraction of sp³-hybridized carbons (Fsp3) is 0.229. The standard InChI is InChI=1S/C70H67IN4O9/c1-3-76-35-37-78-39-43-81-56-26-17-50(18-27-56)73-65-14-8-5-11-59(65)62-47-53(23-32-68(62)73)72(55-25-34-70-64(49-55)61-13-7-10-16-67(61)75(70)52-21-30-58(31-22-52)83-45-41-80-42-46-84-71)54-24-33-69-63(48-54)60-12-6-9-15-66(60)74(69)51-19-28-57(29-20-51)82-44-40-79-38-36-77-4-2/h5-34,47-49H,3-4,35-46H2,1-2H3. The van der Waals surface area contributed by atoms with Crippen LogP contribution in [0.15, 0.2) is 200 Å².